The maximum Gasteiger partial charge on any atom is 0.516 e. The summed E-state index contributed by atoms with van der Waals surface area (Å²) in [6.45, 7) is 4.35. The molecule has 0 saturated heterocycles. The Hall–Kier alpha value is -3.92. The molecular weight excluding hydrogens is 454 g/mol. The van der Waals surface area contributed by atoms with Crippen LogP contribution < -0.4 is 21.1 Å². The lowest BCUT2D eigenvalue weighted by Crippen LogP contribution is -2.46. The summed E-state index contributed by atoms with van der Waals surface area (Å²) in [7, 11) is 0. The van der Waals surface area contributed by atoms with Gasteiger partial charge in [-0.2, -0.15) is 0 Å². The predicted octanol–water partition coefficient (Wildman–Crippen LogP) is 1.85. The molecule has 10 heteroatoms. The van der Waals surface area contributed by atoms with Gasteiger partial charge < -0.3 is 30.6 Å². The van der Waals surface area contributed by atoms with Crippen LogP contribution in [0.3, 0.4) is 0 Å². The van der Waals surface area contributed by atoms with Crippen LogP contribution >= 0.6 is 0 Å². The molecule has 0 aliphatic rings. The first kappa shape index (κ1) is 27.3. The lowest BCUT2D eigenvalue weighted by Gasteiger charge is -2.18. The Bertz CT molecular complexity index is 1000. The van der Waals surface area contributed by atoms with E-state index in [1.54, 1.807) is 32.9 Å². The topological polar surface area (TPSA) is 146 Å². The molecule has 2 rings (SSSR count). The molecule has 0 fully saturated rings. The third-order valence-electron chi connectivity index (χ3n) is 4.40. The number of rotatable bonds is 10. The van der Waals surface area contributed by atoms with Gasteiger partial charge >= 0.3 is 12.1 Å². The van der Waals surface area contributed by atoms with Gasteiger partial charge in [-0.05, 0) is 50.5 Å². The first-order chi connectivity index (χ1) is 16.5. The molecule has 0 aliphatic carbocycles. The molecule has 35 heavy (non-hydrogen) atoms. The molecule has 2 aromatic rings. The van der Waals surface area contributed by atoms with Crippen molar-refractivity contribution in [3.63, 3.8) is 0 Å². The van der Waals surface area contributed by atoms with E-state index in [2.05, 4.69) is 15.4 Å². The third-order valence-corrected chi connectivity index (χ3v) is 4.40. The fourth-order valence-electron chi connectivity index (χ4n) is 2.74. The van der Waals surface area contributed by atoms with Crippen LogP contribution in [-0.4, -0.2) is 48.7 Å². The minimum Gasteiger partial charge on any atom is -0.489 e. The van der Waals surface area contributed by atoms with Crippen LogP contribution in [0.25, 0.3) is 0 Å². The van der Waals surface area contributed by atoms with Crippen molar-refractivity contribution in [1.29, 1.82) is 0 Å². The van der Waals surface area contributed by atoms with Gasteiger partial charge in [-0.3, -0.25) is 9.59 Å². The molecule has 0 aromatic heterocycles. The molecular formula is C25H31N3O7. The normalized spacial score (nSPS) is 11.7. The Balaban J connectivity index is 1.67. The van der Waals surface area contributed by atoms with E-state index in [-0.39, 0.29) is 6.42 Å². The molecule has 0 heterocycles. The number of nitrogens with one attached hydrogen (secondary N) is 2. The molecule has 0 saturated carbocycles. The summed E-state index contributed by atoms with van der Waals surface area (Å²) in [6, 6.07) is 16.1. The lowest BCUT2D eigenvalue weighted by atomic mass is 10.1. The predicted molar refractivity (Wildman–Crippen MR) is 127 cm³/mol. The van der Waals surface area contributed by atoms with Crippen molar-refractivity contribution in [3.05, 3.63) is 65.7 Å². The second-order valence-electron chi connectivity index (χ2n) is 8.66. The van der Waals surface area contributed by atoms with Crippen molar-refractivity contribution < 1.29 is 33.4 Å². The van der Waals surface area contributed by atoms with Crippen LogP contribution in [-0.2, 0) is 36.9 Å². The Morgan fingerprint density at radius 1 is 0.886 bits per heavy atom. The van der Waals surface area contributed by atoms with Crippen molar-refractivity contribution in [2.75, 3.05) is 13.1 Å². The number of ether oxygens (including phenoxy) is 3. The lowest BCUT2D eigenvalue weighted by molar-refractivity contribution is -0.141. The second-order valence-corrected chi connectivity index (χ2v) is 8.66. The van der Waals surface area contributed by atoms with E-state index in [9.17, 15) is 19.2 Å². The first-order valence-corrected chi connectivity index (χ1v) is 11.0. The van der Waals surface area contributed by atoms with Gasteiger partial charge in [0.2, 0.25) is 11.8 Å². The fourth-order valence-corrected chi connectivity index (χ4v) is 2.74. The second kappa shape index (κ2) is 13.1. The highest BCUT2D eigenvalue weighted by molar-refractivity contribution is 5.90. The smallest absolute Gasteiger partial charge is 0.489 e. The molecule has 4 N–H and O–H groups in total. The van der Waals surface area contributed by atoms with Gasteiger partial charge in [0.15, 0.2) is 0 Å². The highest BCUT2D eigenvalue weighted by Gasteiger charge is 2.21. The van der Waals surface area contributed by atoms with Crippen molar-refractivity contribution in [1.82, 2.24) is 10.6 Å². The minimum atomic E-state index is -1.16. The monoisotopic (exact) mass is 485 g/mol. The van der Waals surface area contributed by atoms with Gasteiger partial charge in [0.05, 0.1) is 12.6 Å². The van der Waals surface area contributed by atoms with Crippen LogP contribution in [0.15, 0.2) is 54.6 Å². The summed E-state index contributed by atoms with van der Waals surface area (Å²) >= 11 is 0. The van der Waals surface area contributed by atoms with Gasteiger partial charge in [0, 0.05) is 0 Å². The molecule has 2 aromatic carbocycles. The Labute approximate surface area is 204 Å². The minimum absolute atomic E-state index is 0.259. The number of carbonyl (C=O) groups excluding carboxylic acids is 4. The van der Waals surface area contributed by atoms with Gasteiger partial charge in [0.25, 0.3) is 0 Å². The zero-order valence-electron chi connectivity index (χ0n) is 20.0. The zero-order chi connectivity index (χ0) is 25.8. The number of hydrogen-bond donors (Lipinski definition) is 3. The summed E-state index contributed by atoms with van der Waals surface area (Å²) in [6.07, 6.45) is -0.902. The van der Waals surface area contributed by atoms with Gasteiger partial charge in [0.1, 0.15) is 24.5 Å². The van der Waals surface area contributed by atoms with Crippen LogP contribution in [0.4, 0.5) is 4.79 Å². The van der Waals surface area contributed by atoms with E-state index in [1.165, 1.54) is 0 Å². The summed E-state index contributed by atoms with van der Waals surface area (Å²) in [5, 5.41) is 4.64. The van der Waals surface area contributed by atoms with E-state index in [1.807, 2.05) is 42.5 Å². The standard InChI is InChI=1S/C25H31N3O7/c1-25(2,3)35-24(32)34-22(30)15-27-21(29)14-28-23(31)20(26)13-17-9-11-19(12-10-17)33-16-18-7-5-4-6-8-18/h4-12,20H,13-16,26H2,1-3H3,(H,27,29)(H,28,31)/t20-/m0/s1. The molecule has 0 aliphatic heterocycles. The van der Waals surface area contributed by atoms with Crippen molar-refractivity contribution in [3.8, 4) is 5.75 Å². The van der Waals surface area contributed by atoms with E-state index >= 15 is 0 Å². The molecule has 0 unspecified atom stereocenters. The number of benzene rings is 2. The molecule has 1 atom stereocenters. The summed E-state index contributed by atoms with van der Waals surface area (Å²) < 4.78 is 15.0. The maximum absolute atomic E-state index is 12.2. The van der Waals surface area contributed by atoms with Crippen molar-refractivity contribution in [2.24, 2.45) is 5.73 Å². The molecule has 188 valence electrons. The van der Waals surface area contributed by atoms with Gasteiger partial charge in [-0.25, -0.2) is 9.59 Å². The Morgan fingerprint density at radius 2 is 1.54 bits per heavy atom. The number of hydrogen-bond acceptors (Lipinski definition) is 8. The van der Waals surface area contributed by atoms with E-state index < -0.39 is 48.7 Å². The average molecular weight is 486 g/mol. The van der Waals surface area contributed by atoms with Crippen molar-refractivity contribution in [2.45, 2.75) is 45.4 Å². The highest BCUT2D eigenvalue weighted by Crippen LogP contribution is 2.15. The number of amides is 2. The SMILES string of the molecule is CC(C)(C)OC(=O)OC(=O)CNC(=O)CNC(=O)[C@@H](N)Cc1ccc(OCc2ccccc2)cc1. The molecule has 0 bridgehead atoms. The Kier molecular flexibility index (Phi) is 10.2. The molecule has 2 amide bonds. The van der Waals surface area contributed by atoms with E-state index in [0.29, 0.717) is 12.4 Å². The summed E-state index contributed by atoms with van der Waals surface area (Å²) in [5.74, 6) is -1.48. The first-order valence-electron chi connectivity index (χ1n) is 11.0. The molecule has 10 nitrogen and oxygen atoms in total. The van der Waals surface area contributed by atoms with Crippen LogP contribution in [0.5, 0.6) is 5.75 Å². The maximum atomic E-state index is 12.2. The summed E-state index contributed by atoms with van der Waals surface area (Å²) in [5.41, 5.74) is 7.00. The quantitative estimate of drug-likeness (QED) is 0.341. The zero-order valence-corrected chi connectivity index (χ0v) is 20.0. The molecule has 0 spiro atoms. The number of esters is 1. The number of nitrogens with two attached hydrogens (primary N) is 1. The van der Waals surface area contributed by atoms with Gasteiger partial charge in [-0.15, -0.1) is 0 Å². The largest absolute Gasteiger partial charge is 0.516 e. The van der Waals surface area contributed by atoms with Crippen molar-refractivity contribution >= 4 is 23.9 Å². The molecule has 0 radical (unpaired) electrons. The van der Waals surface area contributed by atoms with Crippen LogP contribution in [0.1, 0.15) is 31.9 Å². The van der Waals surface area contributed by atoms with Crippen LogP contribution in [0.2, 0.25) is 0 Å². The number of carbonyl (C=O) groups is 4. The van der Waals surface area contributed by atoms with E-state index in [0.717, 1.165) is 11.1 Å². The highest BCUT2D eigenvalue weighted by atomic mass is 16.7. The summed E-state index contributed by atoms with van der Waals surface area (Å²) in [4.78, 5) is 47.0. The van der Waals surface area contributed by atoms with Gasteiger partial charge in [-0.1, -0.05) is 42.5 Å². The Morgan fingerprint density at radius 3 is 2.17 bits per heavy atom. The fraction of sp³-hybridized carbons (Fsp3) is 0.360. The van der Waals surface area contributed by atoms with Crippen LogP contribution in [0, 0.1) is 0 Å². The third kappa shape index (κ3) is 11.2. The average Bonchev–Trinajstić information content (AvgIpc) is 2.80. The van der Waals surface area contributed by atoms with E-state index in [4.69, 9.17) is 15.2 Å².